The molecular weight excluding hydrogens is 636 g/mol. The predicted octanol–water partition coefficient (Wildman–Crippen LogP) is 5.00. The van der Waals surface area contributed by atoms with Gasteiger partial charge in [-0.05, 0) is 36.3 Å². The number of carbonyl (C=O) groups excluding carboxylic acids is 5. The van der Waals surface area contributed by atoms with Gasteiger partial charge in [0.05, 0.1) is 12.2 Å². The van der Waals surface area contributed by atoms with Crippen molar-refractivity contribution in [1.82, 2.24) is 0 Å². The van der Waals surface area contributed by atoms with Crippen molar-refractivity contribution >= 4 is 42.0 Å². The van der Waals surface area contributed by atoms with E-state index in [0.29, 0.717) is 6.42 Å². The molecule has 12 nitrogen and oxygen atoms in total. The topological polar surface area (TPSA) is 150 Å². The number of ether oxygens (including phenoxy) is 7. The van der Waals surface area contributed by atoms with Crippen LogP contribution in [0.4, 0.5) is 0 Å². The Morgan fingerprint density at radius 1 is 0.571 bits per heavy atom. The molecule has 1 aromatic carbocycles. The van der Waals surface area contributed by atoms with Crippen molar-refractivity contribution in [1.29, 1.82) is 0 Å². The lowest BCUT2D eigenvalue weighted by Gasteiger charge is -2.44. The molecule has 1 aromatic rings. The standard InChI is InChI=1S/C37H50O12/c1-9-30-21(2)22(3)34(44-24(5)39)31(48-30)14-10-12-28-16-18-29(19-17-28)13-11-15-32-35(45-25(6)40)37(47-27(8)42)36(46-26(7)41)33(49-32)20-43-23(4)38/h10-13,16-19,21-22,30-37H,9,14-15,20H2,1-8H3/b12-10+,13-11+/t21-,22-,30+,31+,32+,33+,34-,35+,36+,37+/m0/s1. The maximum Gasteiger partial charge on any atom is 0.303 e. The summed E-state index contributed by atoms with van der Waals surface area (Å²) in [5.41, 5.74) is 1.87. The summed E-state index contributed by atoms with van der Waals surface area (Å²) in [4.78, 5) is 59.4. The summed E-state index contributed by atoms with van der Waals surface area (Å²) in [6, 6.07) is 7.82. The van der Waals surface area contributed by atoms with Crippen LogP contribution >= 0.6 is 0 Å². The van der Waals surface area contributed by atoms with Crippen LogP contribution in [-0.4, -0.2) is 85.3 Å². The van der Waals surface area contributed by atoms with E-state index >= 15 is 0 Å². The Morgan fingerprint density at radius 3 is 1.43 bits per heavy atom. The third-order valence-electron chi connectivity index (χ3n) is 8.74. The molecule has 2 saturated heterocycles. The summed E-state index contributed by atoms with van der Waals surface area (Å²) in [7, 11) is 0. The molecule has 3 rings (SSSR count). The normalized spacial score (nSPS) is 30.0. The number of hydrogen-bond acceptors (Lipinski definition) is 12. The van der Waals surface area contributed by atoms with E-state index in [2.05, 4.69) is 20.8 Å². The first kappa shape index (κ1) is 39.4. The van der Waals surface area contributed by atoms with Crippen molar-refractivity contribution in [3.63, 3.8) is 0 Å². The molecule has 2 aliphatic rings. The second kappa shape index (κ2) is 18.7. The summed E-state index contributed by atoms with van der Waals surface area (Å²) in [5.74, 6) is -2.43. The number of esters is 5. The minimum absolute atomic E-state index is 0.109. The van der Waals surface area contributed by atoms with E-state index in [0.717, 1.165) is 17.5 Å². The lowest BCUT2D eigenvalue weighted by molar-refractivity contribution is -0.251. The quantitative estimate of drug-likeness (QED) is 0.203. The molecule has 2 aliphatic heterocycles. The van der Waals surface area contributed by atoms with Crippen molar-refractivity contribution in [3.05, 3.63) is 47.5 Å². The second-order valence-electron chi connectivity index (χ2n) is 12.6. The van der Waals surface area contributed by atoms with Crippen LogP contribution in [0.15, 0.2) is 36.4 Å². The van der Waals surface area contributed by atoms with Crippen LogP contribution in [0.2, 0.25) is 0 Å². The first-order valence-corrected chi connectivity index (χ1v) is 16.8. The van der Waals surface area contributed by atoms with E-state index < -0.39 is 54.4 Å². The van der Waals surface area contributed by atoms with Gasteiger partial charge in [-0.3, -0.25) is 24.0 Å². The first-order chi connectivity index (χ1) is 23.2. The third kappa shape index (κ3) is 11.8. The minimum Gasteiger partial charge on any atom is -0.463 e. The molecule has 10 atom stereocenters. The van der Waals surface area contributed by atoms with Crippen LogP contribution in [0.5, 0.6) is 0 Å². The number of hydrogen-bond donors (Lipinski definition) is 0. The van der Waals surface area contributed by atoms with Crippen LogP contribution in [0, 0.1) is 11.8 Å². The van der Waals surface area contributed by atoms with E-state index in [1.807, 2.05) is 48.6 Å². The van der Waals surface area contributed by atoms with Crippen molar-refractivity contribution in [2.75, 3.05) is 6.61 Å². The molecular formula is C37H50O12. The van der Waals surface area contributed by atoms with Crippen molar-refractivity contribution in [2.24, 2.45) is 11.8 Å². The van der Waals surface area contributed by atoms with Gasteiger partial charge >= 0.3 is 29.8 Å². The molecule has 49 heavy (non-hydrogen) atoms. The maximum absolute atomic E-state index is 12.1. The molecule has 0 spiro atoms. The SMILES string of the molecule is CC[C@H]1O[C@H](C/C=C/c2ccc(/C=C/C[C@H]3O[C@H](COC(C)=O)[C@@H](OC(C)=O)[C@H](OC(C)=O)[C@@H]3OC(C)=O)cc2)[C@@H](OC(C)=O)[C@@H](C)[C@@H]1C. The maximum atomic E-state index is 12.1. The molecule has 0 amide bonds. The molecule has 0 bridgehead atoms. The van der Waals surface area contributed by atoms with Crippen molar-refractivity contribution in [2.45, 2.75) is 123 Å². The van der Waals surface area contributed by atoms with Crippen molar-refractivity contribution in [3.8, 4) is 0 Å². The molecule has 270 valence electrons. The summed E-state index contributed by atoms with van der Waals surface area (Å²) in [6.45, 7) is 12.3. The zero-order valence-electron chi connectivity index (χ0n) is 29.6. The summed E-state index contributed by atoms with van der Waals surface area (Å²) < 4.78 is 39.8. The zero-order valence-corrected chi connectivity index (χ0v) is 29.6. The van der Waals surface area contributed by atoms with Gasteiger partial charge in [0.2, 0.25) is 0 Å². The average molecular weight is 687 g/mol. The monoisotopic (exact) mass is 686 g/mol. The molecule has 2 heterocycles. The van der Waals surface area contributed by atoms with Gasteiger partial charge in [0.1, 0.15) is 24.9 Å². The highest BCUT2D eigenvalue weighted by Crippen LogP contribution is 2.36. The fourth-order valence-electron chi connectivity index (χ4n) is 6.34. The van der Waals surface area contributed by atoms with Gasteiger partial charge in [-0.1, -0.05) is 69.3 Å². The third-order valence-corrected chi connectivity index (χ3v) is 8.74. The molecule has 0 aromatic heterocycles. The van der Waals surface area contributed by atoms with Crippen LogP contribution in [-0.2, 0) is 57.1 Å². The summed E-state index contributed by atoms with van der Waals surface area (Å²) in [5, 5.41) is 0. The van der Waals surface area contributed by atoms with Gasteiger partial charge in [0.15, 0.2) is 18.3 Å². The van der Waals surface area contributed by atoms with E-state index in [4.69, 9.17) is 33.2 Å². The highest BCUT2D eigenvalue weighted by molar-refractivity contribution is 5.69. The highest BCUT2D eigenvalue weighted by Gasteiger charge is 2.51. The Bertz CT molecular complexity index is 1350. The Hall–Kier alpha value is -4.03. The molecule has 0 saturated carbocycles. The average Bonchev–Trinajstić information content (AvgIpc) is 3.02. The van der Waals surface area contributed by atoms with E-state index in [-0.39, 0.29) is 49.1 Å². The minimum atomic E-state index is -1.20. The van der Waals surface area contributed by atoms with Crippen LogP contribution in [0.25, 0.3) is 12.2 Å². The van der Waals surface area contributed by atoms with Crippen LogP contribution in [0.3, 0.4) is 0 Å². The zero-order chi connectivity index (χ0) is 36.2. The molecule has 0 aliphatic carbocycles. The fourth-order valence-corrected chi connectivity index (χ4v) is 6.34. The number of benzene rings is 1. The van der Waals surface area contributed by atoms with E-state index in [1.54, 1.807) is 0 Å². The van der Waals surface area contributed by atoms with Gasteiger partial charge in [-0.2, -0.15) is 0 Å². The fraction of sp³-hybridized carbons (Fsp3) is 0.595. The lowest BCUT2D eigenvalue weighted by Crippen LogP contribution is -2.62. The number of carbonyl (C=O) groups is 5. The smallest absolute Gasteiger partial charge is 0.303 e. The lowest BCUT2D eigenvalue weighted by atomic mass is 9.79. The Labute approximate surface area is 288 Å². The molecule has 0 radical (unpaired) electrons. The van der Waals surface area contributed by atoms with Crippen LogP contribution < -0.4 is 0 Å². The van der Waals surface area contributed by atoms with Gasteiger partial charge in [-0.25, -0.2) is 0 Å². The van der Waals surface area contributed by atoms with Gasteiger partial charge in [-0.15, -0.1) is 0 Å². The molecule has 0 unspecified atom stereocenters. The predicted molar refractivity (Wildman–Crippen MR) is 179 cm³/mol. The summed E-state index contributed by atoms with van der Waals surface area (Å²) in [6.07, 6.45) is 3.70. The number of rotatable bonds is 13. The Morgan fingerprint density at radius 2 is 0.980 bits per heavy atom. The van der Waals surface area contributed by atoms with Gasteiger partial charge in [0.25, 0.3) is 0 Å². The van der Waals surface area contributed by atoms with Crippen molar-refractivity contribution < 1.29 is 57.1 Å². The highest BCUT2D eigenvalue weighted by atomic mass is 16.7. The first-order valence-electron chi connectivity index (χ1n) is 16.8. The molecule has 2 fully saturated rings. The Balaban J connectivity index is 1.72. The van der Waals surface area contributed by atoms with Gasteiger partial charge < -0.3 is 33.2 Å². The van der Waals surface area contributed by atoms with Gasteiger partial charge in [0, 0.05) is 40.5 Å². The second-order valence-corrected chi connectivity index (χ2v) is 12.6. The Kier molecular flexibility index (Phi) is 15.0. The van der Waals surface area contributed by atoms with E-state index in [1.165, 1.54) is 34.6 Å². The molecule has 0 N–H and O–H groups in total. The summed E-state index contributed by atoms with van der Waals surface area (Å²) >= 11 is 0. The van der Waals surface area contributed by atoms with Crippen LogP contribution in [0.1, 0.15) is 85.8 Å². The largest absolute Gasteiger partial charge is 0.463 e. The molecule has 12 heteroatoms. The van der Waals surface area contributed by atoms with E-state index in [9.17, 15) is 24.0 Å².